The molecule has 448 valence electrons. The summed E-state index contributed by atoms with van der Waals surface area (Å²) in [5, 5.41) is 0. The zero-order chi connectivity index (χ0) is 63.8. The second-order valence-electron chi connectivity index (χ2n) is 23.6. The van der Waals surface area contributed by atoms with Crippen molar-refractivity contribution in [2.75, 3.05) is 6.61 Å². The molecule has 0 heterocycles. The number of rotatable bonds is 20. The topological polar surface area (TPSA) is 191 Å². The van der Waals surface area contributed by atoms with Crippen molar-refractivity contribution < 1.29 is 59.5 Å². The minimum absolute atomic E-state index is 0.0617. The Morgan fingerprint density at radius 2 is 0.417 bits per heavy atom. The normalized spacial score (nSPS) is 12.2. The van der Waals surface area contributed by atoms with Crippen molar-refractivity contribution in [2.24, 2.45) is 0 Å². The second kappa shape index (κ2) is 26.1. The quantitative estimate of drug-likeness (QED) is 0.0519. The number of carbonyl (C=O) groups is 6. The second-order valence-corrected chi connectivity index (χ2v) is 37.5. The van der Waals surface area contributed by atoms with E-state index in [-0.39, 0.29) is 33.4 Å². The Balaban J connectivity index is 0.000000353. The van der Waals surface area contributed by atoms with Gasteiger partial charge in [-0.25, -0.2) is 0 Å². The van der Waals surface area contributed by atoms with Gasteiger partial charge < -0.3 is 17.1 Å². The Labute approximate surface area is 499 Å². The zero-order valence-corrected chi connectivity index (χ0v) is 58.0. The minimum Gasteiger partial charge on any atom is -0.395 e. The molecule has 0 aliphatic carbocycles. The van der Waals surface area contributed by atoms with Crippen LogP contribution in [0.25, 0.3) is 0 Å². The van der Waals surface area contributed by atoms with E-state index in [1.165, 1.54) is 13.1 Å². The third-order valence-electron chi connectivity index (χ3n) is 14.5. The summed E-state index contributed by atoms with van der Waals surface area (Å²) in [5.41, 5.74) is 7.23. The molecule has 0 spiro atoms. The predicted octanol–water partition coefficient (Wildman–Crippen LogP) is 17.9. The Hall–Kier alpha value is -5.70. The SMILES string of the molecule is CCO[Si](C)(C)OP(=O)(C(=O)c1c(C)cc(C)cc1C)C(=O)c1c(C)cc(C)cc1C.Cc1cc(C)c(C(=O)P(=O)(O[Si](C)(C)OP(=O)(C(=O)c2c(C)cc(C)cc2C)C(=O)c2c(C)cc(C)cc2C)C(=O)c2c(C)cc(C)cc2C)c(C)c1. The smallest absolute Gasteiger partial charge is 0.345 e. The Morgan fingerprint density at radius 3 is 0.548 bits per heavy atom. The van der Waals surface area contributed by atoms with Crippen LogP contribution in [-0.2, 0) is 30.8 Å². The van der Waals surface area contributed by atoms with Crippen LogP contribution in [0.1, 0.15) is 169 Å². The van der Waals surface area contributed by atoms with E-state index in [0.29, 0.717) is 73.4 Å². The van der Waals surface area contributed by atoms with Crippen molar-refractivity contribution in [3.8, 4) is 0 Å². The van der Waals surface area contributed by atoms with Gasteiger partial charge in [0.25, 0.3) is 33.1 Å². The van der Waals surface area contributed by atoms with E-state index in [2.05, 4.69) is 0 Å². The van der Waals surface area contributed by atoms with Crippen molar-refractivity contribution in [2.45, 2.75) is 158 Å². The minimum atomic E-state index is -5.13. The molecule has 0 fully saturated rings. The Bertz CT molecular complexity index is 3370. The van der Waals surface area contributed by atoms with E-state index >= 15 is 9.13 Å². The fraction of sp³-hybridized carbons (Fsp3) is 0.364. The first-order valence-electron chi connectivity index (χ1n) is 27.9. The monoisotopic (exact) mass is 1230 g/mol. The van der Waals surface area contributed by atoms with Gasteiger partial charge >= 0.3 is 39.2 Å². The predicted molar refractivity (Wildman–Crippen MR) is 343 cm³/mol. The highest BCUT2D eigenvalue weighted by molar-refractivity contribution is 7.94. The molecule has 0 amide bonds. The van der Waals surface area contributed by atoms with Crippen molar-refractivity contribution in [3.05, 3.63) is 206 Å². The van der Waals surface area contributed by atoms with Crippen molar-refractivity contribution in [3.63, 3.8) is 0 Å². The maximum atomic E-state index is 15.4. The number of hydrogen-bond donors (Lipinski definition) is 0. The summed E-state index contributed by atoms with van der Waals surface area (Å²) in [6.45, 7) is 40.2. The lowest BCUT2D eigenvalue weighted by Crippen LogP contribution is -2.37. The van der Waals surface area contributed by atoms with Crippen LogP contribution in [0, 0.1) is 125 Å². The van der Waals surface area contributed by atoms with Crippen molar-refractivity contribution in [1.29, 1.82) is 0 Å². The summed E-state index contributed by atoms with van der Waals surface area (Å²) in [5.74, 6) is 0. The van der Waals surface area contributed by atoms with Gasteiger partial charge in [-0.3, -0.25) is 42.5 Å². The highest BCUT2D eigenvalue weighted by atomic mass is 31.2. The van der Waals surface area contributed by atoms with Gasteiger partial charge in [-0.2, -0.15) is 0 Å². The molecule has 6 aromatic carbocycles. The van der Waals surface area contributed by atoms with Gasteiger partial charge in [-0.15, -0.1) is 0 Å². The molecular formula is C66H83O13P3Si2. The lowest BCUT2D eigenvalue weighted by molar-refractivity contribution is 0.0991. The third-order valence-corrected chi connectivity index (χ3v) is 28.4. The molecule has 0 saturated heterocycles. The molecule has 0 radical (unpaired) electrons. The average Bonchev–Trinajstić information content (AvgIpc) is 2.10. The summed E-state index contributed by atoms with van der Waals surface area (Å²) in [6, 6.07) is 21.4. The highest BCUT2D eigenvalue weighted by Gasteiger charge is 2.55. The van der Waals surface area contributed by atoms with Gasteiger partial charge in [0.1, 0.15) is 0 Å². The molecular weight excluding hydrogens is 1150 g/mol. The first kappa shape index (κ1) is 69.1. The van der Waals surface area contributed by atoms with Gasteiger partial charge in [0.05, 0.1) is 0 Å². The van der Waals surface area contributed by atoms with Gasteiger partial charge in [0.2, 0.25) is 0 Å². The van der Waals surface area contributed by atoms with Crippen LogP contribution in [0.4, 0.5) is 0 Å². The van der Waals surface area contributed by atoms with E-state index in [1.807, 2.05) is 65.8 Å². The van der Waals surface area contributed by atoms with Crippen LogP contribution in [0.3, 0.4) is 0 Å². The van der Waals surface area contributed by atoms with E-state index in [9.17, 15) is 33.3 Å². The lowest BCUT2D eigenvalue weighted by Gasteiger charge is -2.31. The molecule has 13 nitrogen and oxygen atoms in total. The van der Waals surface area contributed by atoms with Gasteiger partial charge in [0.15, 0.2) is 0 Å². The fourth-order valence-electron chi connectivity index (χ4n) is 11.8. The molecule has 0 bridgehead atoms. The molecule has 0 N–H and O–H groups in total. The maximum absolute atomic E-state index is 15.4. The third kappa shape index (κ3) is 14.6. The van der Waals surface area contributed by atoms with E-state index in [4.69, 9.17) is 17.1 Å². The number of carbonyl (C=O) groups excluding carboxylic acids is 6. The number of aryl methyl sites for hydroxylation is 18. The van der Waals surface area contributed by atoms with Crippen LogP contribution in [-0.4, -0.2) is 56.9 Å². The van der Waals surface area contributed by atoms with Crippen molar-refractivity contribution >= 4 is 72.4 Å². The maximum Gasteiger partial charge on any atom is 0.345 e. The van der Waals surface area contributed by atoms with Crippen LogP contribution in [0.2, 0.25) is 26.2 Å². The Kier molecular flexibility index (Phi) is 21.5. The average molecular weight is 1230 g/mol. The summed E-state index contributed by atoms with van der Waals surface area (Å²) >= 11 is 0. The Morgan fingerprint density at radius 1 is 0.286 bits per heavy atom. The van der Waals surface area contributed by atoms with Gasteiger partial charge in [-0.1, -0.05) is 106 Å². The van der Waals surface area contributed by atoms with Gasteiger partial charge in [-0.05, 0) is 225 Å². The van der Waals surface area contributed by atoms with E-state index < -0.39 is 72.4 Å². The molecule has 0 saturated carbocycles. The molecule has 18 heteroatoms. The molecule has 0 aliphatic rings. The van der Waals surface area contributed by atoms with Gasteiger partial charge in [0, 0.05) is 40.0 Å². The molecule has 6 rings (SSSR count). The summed E-state index contributed by atoms with van der Waals surface area (Å²) in [6.07, 6.45) is 0. The first-order chi connectivity index (χ1) is 38.6. The van der Waals surface area contributed by atoms with Crippen LogP contribution < -0.4 is 0 Å². The molecule has 0 unspecified atom stereocenters. The highest BCUT2D eigenvalue weighted by Crippen LogP contribution is 2.62. The molecule has 0 atom stereocenters. The van der Waals surface area contributed by atoms with Crippen molar-refractivity contribution in [1.82, 2.24) is 0 Å². The van der Waals surface area contributed by atoms with E-state index in [0.717, 1.165) is 33.4 Å². The summed E-state index contributed by atoms with van der Waals surface area (Å²) in [7, 11) is -22.1. The lowest BCUT2D eigenvalue weighted by atomic mass is 10.0. The summed E-state index contributed by atoms with van der Waals surface area (Å²) < 4.78 is 69.4. The fourth-order valence-corrected chi connectivity index (χ4v) is 27.0. The van der Waals surface area contributed by atoms with Crippen LogP contribution in [0.5, 0.6) is 0 Å². The van der Waals surface area contributed by atoms with E-state index in [1.54, 1.807) is 152 Å². The molecule has 6 aromatic rings. The zero-order valence-electron chi connectivity index (χ0n) is 53.3. The summed E-state index contributed by atoms with van der Waals surface area (Å²) in [4.78, 5) is 86.2. The van der Waals surface area contributed by atoms with Crippen LogP contribution >= 0.6 is 22.1 Å². The largest absolute Gasteiger partial charge is 0.395 e. The standard InChI is InChI=1S/C42H50O8P2Si.C24H33O5PSi/c1-23-15-27(5)35(28(6)16-23)39(43)51(47,40(44)36-29(7)17-24(2)18-30(36)8)49-53(13,14)50-52(48,41(45)37-31(9)19-25(3)20-32(37)10)42(46)38-33(11)21-26(4)22-34(38)12;1-10-28-31(8,9)29-30(27,23(25)21-17(4)11-15(2)12-18(21)5)24(26)22-19(6)13-16(3)14-20(22)7/h15-22H,1-14H3;11-14H,10H2,1-9H3. The molecule has 84 heavy (non-hydrogen) atoms. The molecule has 0 aromatic heterocycles. The first-order valence-corrected chi connectivity index (χ1v) is 38.4. The molecule has 0 aliphatic heterocycles. The number of benzene rings is 6. The number of hydrogen-bond acceptors (Lipinski definition) is 13. The van der Waals surface area contributed by atoms with Crippen LogP contribution in [0.15, 0.2) is 72.8 Å².